The molecule has 2 N–H and O–H groups in total. The molecule has 0 saturated heterocycles. The molecule has 0 unspecified atom stereocenters. The van der Waals surface area contributed by atoms with Gasteiger partial charge in [0.15, 0.2) is 11.5 Å². The summed E-state index contributed by atoms with van der Waals surface area (Å²) in [5.41, 5.74) is 1.44. The molecule has 0 aliphatic heterocycles. The summed E-state index contributed by atoms with van der Waals surface area (Å²) in [6, 6.07) is 11.5. The molecule has 0 spiro atoms. The van der Waals surface area contributed by atoms with Gasteiger partial charge in [-0.1, -0.05) is 11.6 Å². The van der Waals surface area contributed by atoms with E-state index in [0.717, 1.165) is 0 Å². The zero-order valence-corrected chi connectivity index (χ0v) is 16.9. The van der Waals surface area contributed by atoms with E-state index < -0.39 is 0 Å². The van der Waals surface area contributed by atoms with Gasteiger partial charge in [0.25, 0.3) is 5.91 Å². The first kappa shape index (κ1) is 20.6. The van der Waals surface area contributed by atoms with Crippen molar-refractivity contribution in [1.29, 1.82) is 0 Å². The molecule has 0 atom stereocenters. The van der Waals surface area contributed by atoms with E-state index in [1.165, 1.54) is 21.3 Å². The third-order valence-electron chi connectivity index (χ3n) is 4.23. The second kappa shape index (κ2) is 8.89. The van der Waals surface area contributed by atoms with E-state index in [1.54, 1.807) is 42.5 Å². The summed E-state index contributed by atoms with van der Waals surface area (Å²) in [6.07, 6.45) is 0. The lowest BCUT2D eigenvalue weighted by molar-refractivity contribution is 0.102. The van der Waals surface area contributed by atoms with Crippen molar-refractivity contribution in [3.63, 3.8) is 0 Å². The molecule has 8 heteroatoms. The molecule has 29 heavy (non-hydrogen) atoms. The Morgan fingerprint density at radius 3 is 2.28 bits per heavy atom. The van der Waals surface area contributed by atoms with Crippen molar-refractivity contribution in [2.24, 2.45) is 0 Å². The summed E-state index contributed by atoms with van der Waals surface area (Å²) in [5.74, 6) is 1.69. The number of hydrogen-bond acceptors (Lipinski definition) is 6. The van der Waals surface area contributed by atoms with Gasteiger partial charge >= 0.3 is 0 Å². The lowest BCUT2D eigenvalue weighted by Crippen LogP contribution is -2.12. The Labute approximate surface area is 172 Å². The van der Waals surface area contributed by atoms with E-state index in [2.05, 4.69) is 5.32 Å². The van der Waals surface area contributed by atoms with E-state index in [1.807, 2.05) is 0 Å². The summed E-state index contributed by atoms with van der Waals surface area (Å²) in [4.78, 5) is 12.8. The lowest BCUT2D eigenvalue weighted by atomic mass is 10.1. The molecule has 0 aliphatic rings. The van der Waals surface area contributed by atoms with Crippen molar-refractivity contribution in [2.45, 2.75) is 6.61 Å². The largest absolute Gasteiger partial charge is 0.493 e. The highest BCUT2D eigenvalue weighted by molar-refractivity contribution is 6.33. The van der Waals surface area contributed by atoms with Crippen molar-refractivity contribution in [3.8, 4) is 28.6 Å². The van der Waals surface area contributed by atoms with Gasteiger partial charge in [-0.3, -0.25) is 4.79 Å². The topological polar surface area (TPSA) is 90.2 Å². The summed E-state index contributed by atoms with van der Waals surface area (Å²) >= 11 is 6.27. The fourth-order valence-corrected chi connectivity index (χ4v) is 3.03. The van der Waals surface area contributed by atoms with Crippen LogP contribution in [0.5, 0.6) is 17.2 Å². The van der Waals surface area contributed by atoms with Crippen LogP contribution >= 0.6 is 11.6 Å². The number of furan rings is 1. The fourth-order valence-electron chi connectivity index (χ4n) is 2.81. The third kappa shape index (κ3) is 4.31. The quantitative estimate of drug-likeness (QED) is 0.593. The first-order chi connectivity index (χ1) is 14.0. The smallest absolute Gasteiger partial charge is 0.255 e. The van der Waals surface area contributed by atoms with Crippen LogP contribution in [0.4, 0.5) is 5.69 Å². The van der Waals surface area contributed by atoms with Crippen LogP contribution in [0.2, 0.25) is 5.02 Å². The minimum atomic E-state index is -0.368. The number of carbonyl (C=O) groups excluding carboxylic acids is 1. The van der Waals surface area contributed by atoms with Crippen LogP contribution < -0.4 is 19.5 Å². The first-order valence-electron chi connectivity index (χ1n) is 8.61. The second-order valence-electron chi connectivity index (χ2n) is 5.99. The molecule has 1 amide bonds. The maximum absolute atomic E-state index is 12.8. The van der Waals surface area contributed by atoms with Crippen molar-refractivity contribution < 1.29 is 28.5 Å². The van der Waals surface area contributed by atoms with Crippen LogP contribution in [-0.4, -0.2) is 32.3 Å². The number of amides is 1. The number of ether oxygens (including phenoxy) is 3. The van der Waals surface area contributed by atoms with Gasteiger partial charge in [0.2, 0.25) is 5.75 Å². The molecule has 2 aromatic carbocycles. The Bertz CT molecular complexity index is 1000. The number of benzene rings is 2. The Balaban J connectivity index is 1.90. The summed E-state index contributed by atoms with van der Waals surface area (Å²) in [6.45, 7) is -0.213. The van der Waals surface area contributed by atoms with Crippen LogP contribution in [0.3, 0.4) is 0 Å². The number of halogens is 1. The van der Waals surface area contributed by atoms with Crippen molar-refractivity contribution >= 4 is 23.2 Å². The average Bonchev–Trinajstić information content (AvgIpc) is 3.22. The molecule has 152 valence electrons. The van der Waals surface area contributed by atoms with Crippen molar-refractivity contribution in [3.05, 3.63) is 58.8 Å². The number of aliphatic hydroxyl groups is 1. The number of hydrogen-bond donors (Lipinski definition) is 2. The van der Waals surface area contributed by atoms with Gasteiger partial charge in [0, 0.05) is 16.8 Å². The number of methoxy groups -OCH3 is 3. The third-order valence-corrected chi connectivity index (χ3v) is 4.56. The van der Waals surface area contributed by atoms with Gasteiger partial charge in [0.1, 0.15) is 18.1 Å². The molecular weight excluding hydrogens is 398 g/mol. The van der Waals surface area contributed by atoms with Gasteiger partial charge < -0.3 is 29.1 Å². The Morgan fingerprint density at radius 2 is 1.72 bits per heavy atom. The van der Waals surface area contributed by atoms with Gasteiger partial charge in [-0.15, -0.1) is 0 Å². The van der Waals surface area contributed by atoms with Gasteiger partial charge in [-0.05, 0) is 42.5 Å². The van der Waals surface area contributed by atoms with Gasteiger partial charge in [-0.2, -0.15) is 0 Å². The molecular formula is C21H20ClNO6. The van der Waals surface area contributed by atoms with Crippen LogP contribution in [0.15, 0.2) is 46.9 Å². The average molecular weight is 418 g/mol. The zero-order chi connectivity index (χ0) is 21.0. The number of aliphatic hydroxyl groups excluding tert-OH is 1. The van der Waals surface area contributed by atoms with E-state index in [-0.39, 0.29) is 12.5 Å². The molecule has 1 heterocycles. The molecule has 0 aliphatic carbocycles. The second-order valence-corrected chi connectivity index (χ2v) is 6.39. The Morgan fingerprint density at radius 1 is 1.03 bits per heavy atom. The highest BCUT2D eigenvalue weighted by Gasteiger charge is 2.18. The normalized spacial score (nSPS) is 10.5. The molecule has 3 rings (SSSR count). The Kier molecular flexibility index (Phi) is 6.31. The number of carbonyl (C=O) groups is 1. The van der Waals surface area contributed by atoms with Crippen molar-refractivity contribution in [2.75, 3.05) is 26.6 Å². The van der Waals surface area contributed by atoms with Crippen LogP contribution in [0.1, 0.15) is 16.1 Å². The van der Waals surface area contributed by atoms with Crippen LogP contribution in [0, 0.1) is 0 Å². The summed E-state index contributed by atoms with van der Waals surface area (Å²) in [7, 11) is 4.45. The van der Waals surface area contributed by atoms with Crippen molar-refractivity contribution in [1.82, 2.24) is 0 Å². The van der Waals surface area contributed by atoms with E-state index in [0.29, 0.717) is 50.6 Å². The summed E-state index contributed by atoms with van der Waals surface area (Å²) in [5, 5.41) is 12.4. The van der Waals surface area contributed by atoms with E-state index in [4.69, 9.17) is 30.2 Å². The maximum atomic E-state index is 12.8. The van der Waals surface area contributed by atoms with Gasteiger partial charge in [-0.25, -0.2) is 0 Å². The van der Waals surface area contributed by atoms with Gasteiger partial charge in [0.05, 0.1) is 26.4 Å². The maximum Gasteiger partial charge on any atom is 0.255 e. The molecule has 1 aromatic heterocycles. The minimum Gasteiger partial charge on any atom is -0.493 e. The molecule has 7 nitrogen and oxygen atoms in total. The highest BCUT2D eigenvalue weighted by Crippen LogP contribution is 2.38. The highest BCUT2D eigenvalue weighted by atomic mass is 35.5. The predicted octanol–water partition coefficient (Wildman–Crippen LogP) is 4.37. The number of rotatable bonds is 7. The lowest BCUT2D eigenvalue weighted by Gasteiger charge is -2.14. The standard InChI is InChI=1S/C21H20ClNO6/c1-26-18-8-12(9-19(27-2)20(18)28-3)21(25)23-13-4-6-16(22)15(10-13)17-7-5-14(11-24)29-17/h4-10,24H,11H2,1-3H3,(H,23,25). The molecule has 0 fully saturated rings. The molecule has 0 saturated carbocycles. The number of nitrogens with one attached hydrogen (secondary N) is 1. The fraction of sp³-hybridized carbons (Fsp3) is 0.190. The minimum absolute atomic E-state index is 0.213. The first-order valence-corrected chi connectivity index (χ1v) is 8.99. The number of anilines is 1. The van der Waals surface area contributed by atoms with Crippen LogP contribution in [-0.2, 0) is 6.61 Å². The molecule has 3 aromatic rings. The SMILES string of the molecule is COc1cc(C(=O)Nc2ccc(Cl)c(-c3ccc(CO)o3)c2)cc(OC)c1OC. The summed E-state index contributed by atoms with van der Waals surface area (Å²) < 4.78 is 21.4. The Hall–Kier alpha value is -3.16. The molecule has 0 radical (unpaired) electrons. The van der Waals surface area contributed by atoms with E-state index in [9.17, 15) is 9.90 Å². The zero-order valence-electron chi connectivity index (χ0n) is 16.1. The van der Waals surface area contributed by atoms with E-state index >= 15 is 0 Å². The monoisotopic (exact) mass is 417 g/mol. The molecule has 0 bridgehead atoms. The van der Waals surface area contributed by atoms with Crippen LogP contribution in [0.25, 0.3) is 11.3 Å². The predicted molar refractivity (Wildman–Crippen MR) is 109 cm³/mol.